The van der Waals surface area contributed by atoms with Gasteiger partial charge in [-0.05, 0) is 12.0 Å². The van der Waals surface area contributed by atoms with Crippen molar-refractivity contribution in [3.8, 4) is 6.07 Å². The zero-order chi connectivity index (χ0) is 16.0. The summed E-state index contributed by atoms with van der Waals surface area (Å²) in [5.74, 6) is -2.28. The summed E-state index contributed by atoms with van der Waals surface area (Å²) in [6, 6.07) is 1.89. The fraction of sp³-hybridized carbons (Fsp3) is 0.583. The van der Waals surface area contributed by atoms with Gasteiger partial charge in [0.05, 0.1) is 19.0 Å². The van der Waals surface area contributed by atoms with Crippen molar-refractivity contribution in [1.82, 2.24) is 5.06 Å². The second-order valence-electron chi connectivity index (χ2n) is 4.27. The molecule has 9 heteroatoms. The lowest BCUT2D eigenvalue weighted by Gasteiger charge is -2.32. The average molecular weight is 322 g/mol. The van der Waals surface area contributed by atoms with E-state index < -0.39 is 12.1 Å². The molecule has 0 aliphatic carbocycles. The first-order valence-electron chi connectivity index (χ1n) is 6.01. The molecule has 1 aliphatic rings. The lowest BCUT2D eigenvalue weighted by molar-refractivity contribution is -0.238. The Kier molecular flexibility index (Phi) is 6.23. The molecule has 0 spiro atoms. The minimum atomic E-state index is -5.05. The van der Waals surface area contributed by atoms with Gasteiger partial charge in [0.25, 0.3) is 0 Å². The van der Waals surface area contributed by atoms with Crippen LogP contribution in [0.25, 0.3) is 0 Å². The highest BCUT2D eigenvalue weighted by Crippen LogP contribution is 2.29. The summed E-state index contributed by atoms with van der Waals surface area (Å²) in [4.78, 5) is 26.2. The molecule has 0 bridgehead atoms. The highest BCUT2D eigenvalue weighted by Gasteiger charge is 2.43. The van der Waals surface area contributed by atoms with E-state index >= 15 is 0 Å². The standard InChI is InChI=1S/C12H13F3N2O3S/c1-8(18)21-10-4-6-17(7-9(10)3-2-5-16)20-11(19)12(13,14)15/h3,10H,2,4,6-7H2,1H3/b9-3-. The third-order valence-corrected chi connectivity index (χ3v) is 3.78. The Hall–Kier alpha value is -1.53. The van der Waals surface area contributed by atoms with Crippen LogP contribution in [0.2, 0.25) is 0 Å². The largest absolute Gasteiger partial charge is 0.492 e. The molecule has 0 N–H and O–H groups in total. The molecule has 1 saturated heterocycles. The van der Waals surface area contributed by atoms with E-state index in [9.17, 15) is 22.8 Å². The first-order valence-corrected chi connectivity index (χ1v) is 6.89. The number of rotatable bonds is 3. The number of carbonyl (C=O) groups is 2. The Morgan fingerprint density at radius 3 is 2.76 bits per heavy atom. The van der Waals surface area contributed by atoms with Crippen LogP contribution in [0.5, 0.6) is 0 Å². The van der Waals surface area contributed by atoms with Gasteiger partial charge in [-0.25, -0.2) is 4.79 Å². The Balaban J connectivity index is 2.73. The second kappa shape index (κ2) is 7.47. The van der Waals surface area contributed by atoms with Crippen LogP contribution in [0.4, 0.5) is 13.2 Å². The van der Waals surface area contributed by atoms with E-state index in [1.807, 2.05) is 6.07 Å². The predicted molar refractivity (Wildman–Crippen MR) is 68.7 cm³/mol. The Morgan fingerprint density at radius 1 is 1.57 bits per heavy atom. The van der Waals surface area contributed by atoms with E-state index in [0.717, 1.165) is 16.8 Å². The van der Waals surface area contributed by atoms with Crippen molar-refractivity contribution in [3.63, 3.8) is 0 Å². The lowest BCUT2D eigenvalue weighted by atomic mass is 10.0. The fourth-order valence-corrected chi connectivity index (χ4v) is 2.73. The number of nitriles is 1. The number of nitrogens with zero attached hydrogens (tertiary/aromatic N) is 2. The smallest absolute Gasteiger partial charge is 0.360 e. The maximum Gasteiger partial charge on any atom is 0.492 e. The number of piperidine rings is 1. The minimum Gasteiger partial charge on any atom is -0.360 e. The normalized spacial score (nSPS) is 21.9. The lowest BCUT2D eigenvalue weighted by Crippen LogP contribution is -2.41. The summed E-state index contributed by atoms with van der Waals surface area (Å²) in [5, 5.41) is 9.13. The molecule has 0 aromatic rings. The van der Waals surface area contributed by atoms with Gasteiger partial charge < -0.3 is 4.84 Å². The van der Waals surface area contributed by atoms with Gasteiger partial charge in [0.15, 0.2) is 5.12 Å². The fourth-order valence-electron chi connectivity index (χ4n) is 1.79. The predicted octanol–water partition coefficient (Wildman–Crippen LogP) is 2.20. The van der Waals surface area contributed by atoms with E-state index in [-0.39, 0.29) is 29.9 Å². The van der Waals surface area contributed by atoms with Crippen molar-refractivity contribution < 1.29 is 27.6 Å². The third-order valence-electron chi connectivity index (χ3n) is 2.62. The van der Waals surface area contributed by atoms with E-state index in [0.29, 0.717) is 12.0 Å². The quantitative estimate of drug-likeness (QED) is 0.742. The number of alkyl halides is 3. The van der Waals surface area contributed by atoms with Gasteiger partial charge in [-0.3, -0.25) is 4.79 Å². The van der Waals surface area contributed by atoms with Gasteiger partial charge in [-0.2, -0.15) is 18.4 Å². The highest BCUT2D eigenvalue weighted by atomic mass is 32.2. The number of halogens is 3. The average Bonchev–Trinajstić information content (AvgIpc) is 2.37. The molecule has 21 heavy (non-hydrogen) atoms. The van der Waals surface area contributed by atoms with E-state index in [1.54, 1.807) is 6.08 Å². The topological polar surface area (TPSA) is 70.4 Å². The van der Waals surface area contributed by atoms with Gasteiger partial charge in [0.2, 0.25) is 0 Å². The number of hydrogen-bond acceptors (Lipinski definition) is 6. The van der Waals surface area contributed by atoms with Crippen LogP contribution in [-0.2, 0) is 14.4 Å². The summed E-state index contributed by atoms with van der Waals surface area (Å²) < 4.78 is 36.4. The van der Waals surface area contributed by atoms with Crippen LogP contribution in [0.15, 0.2) is 11.6 Å². The molecule has 1 rings (SSSR count). The molecule has 5 nitrogen and oxygen atoms in total. The van der Waals surface area contributed by atoms with Crippen molar-refractivity contribution in [2.24, 2.45) is 0 Å². The molecule has 0 radical (unpaired) electrons. The van der Waals surface area contributed by atoms with E-state index in [4.69, 9.17) is 5.26 Å². The molecule has 0 saturated carbocycles. The summed E-state index contributed by atoms with van der Waals surface area (Å²) in [7, 11) is 0. The number of carbonyl (C=O) groups excluding carboxylic acids is 2. The van der Waals surface area contributed by atoms with Gasteiger partial charge in [-0.15, -0.1) is 5.06 Å². The van der Waals surface area contributed by atoms with Gasteiger partial charge in [-0.1, -0.05) is 17.8 Å². The first-order chi connectivity index (χ1) is 9.74. The number of hydrogen-bond donors (Lipinski definition) is 0. The minimum absolute atomic E-state index is 0.0472. The Morgan fingerprint density at radius 2 is 2.24 bits per heavy atom. The first kappa shape index (κ1) is 17.5. The number of hydroxylamine groups is 2. The van der Waals surface area contributed by atoms with Crippen molar-refractivity contribution in [1.29, 1.82) is 5.26 Å². The number of thioether (sulfide) groups is 1. The van der Waals surface area contributed by atoms with Gasteiger partial charge in [0, 0.05) is 18.7 Å². The summed E-state index contributed by atoms with van der Waals surface area (Å²) in [5.41, 5.74) is 0.609. The van der Waals surface area contributed by atoms with Gasteiger partial charge in [0.1, 0.15) is 0 Å². The van der Waals surface area contributed by atoms with Crippen molar-refractivity contribution in [2.75, 3.05) is 13.1 Å². The third kappa shape index (κ3) is 5.77. The molecule has 0 amide bonds. The summed E-state index contributed by atoms with van der Waals surface area (Å²) >= 11 is 1.05. The SMILES string of the molecule is CC(=O)SC1CCN(OC(=O)C(F)(F)F)C/C1=C/CC#N. The maximum atomic E-state index is 12.1. The molecule has 1 atom stereocenters. The monoisotopic (exact) mass is 322 g/mol. The Bertz CT molecular complexity index is 485. The van der Waals surface area contributed by atoms with Crippen molar-refractivity contribution in [2.45, 2.75) is 31.2 Å². The zero-order valence-electron chi connectivity index (χ0n) is 11.1. The molecular formula is C12H13F3N2O3S. The molecular weight excluding hydrogens is 309 g/mol. The molecule has 0 aromatic carbocycles. The van der Waals surface area contributed by atoms with Crippen molar-refractivity contribution >= 4 is 22.8 Å². The van der Waals surface area contributed by atoms with Crippen LogP contribution in [0, 0.1) is 11.3 Å². The van der Waals surface area contributed by atoms with Gasteiger partial charge >= 0.3 is 12.1 Å². The molecule has 0 aromatic heterocycles. The molecule has 1 heterocycles. The highest BCUT2D eigenvalue weighted by molar-refractivity contribution is 8.14. The van der Waals surface area contributed by atoms with Crippen LogP contribution >= 0.6 is 11.8 Å². The van der Waals surface area contributed by atoms with E-state index in [1.165, 1.54) is 6.92 Å². The summed E-state index contributed by atoms with van der Waals surface area (Å²) in [6.45, 7) is 1.44. The maximum absolute atomic E-state index is 12.1. The van der Waals surface area contributed by atoms with Crippen LogP contribution in [0.3, 0.4) is 0 Å². The van der Waals surface area contributed by atoms with Crippen LogP contribution < -0.4 is 0 Å². The Labute approximate surface area is 123 Å². The number of allylic oxidation sites excluding steroid dienone is 1. The molecule has 1 aliphatic heterocycles. The van der Waals surface area contributed by atoms with Crippen LogP contribution in [0.1, 0.15) is 19.8 Å². The second-order valence-corrected chi connectivity index (χ2v) is 5.65. The van der Waals surface area contributed by atoms with Crippen molar-refractivity contribution in [3.05, 3.63) is 11.6 Å². The molecule has 1 fully saturated rings. The molecule has 1 unspecified atom stereocenters. The van der Waals surface area contributed by atoms with Crippen LogP contribution in [-0.4, -0.2) is 40.7 Å². The zero-order valence-corrected chi connectivity index (χ0v) is 12.0. The summed E-state index contributed by atoms with van der Waals surface area (Å²) in [6.07, 6.45) is -3.08. The molecule has 116 valence electrons. The van der Waals surface area contributed by atoms with E-state index in [2.05, 4.69) is 4.84 Å².